The fraction of sp³-hybridized carbons (Fsp3) is 0.133. The summed E-state index contributed by atoms with van der Waals surface area (Å²) in [5.74, 6) is 0.318. The fourth-order valence-corrected chi connectivity index (χ4v) is 1.57. The lowest BCUT2D eigenvalue weighted by molar-refractivity contribution is -0.119. The van der Waals surface area contributed by atoms with Crippen molar-refractivity contribution in [3.05, 3.63) is 54.2 Å². The molecule has 2 aromatic rings. The highest BCUT2D eigenvalue weighted by Crippen LogP contribution is 2.19. The average molecular weight is 285 g/mol. The van der Waals surface area contributed by atoms with E-state index >= 15 is 0 Å². The molecule has 0 aliphatic heterocycles. The van der Waals surface area contributed by atoms with E-state index in [1.807, 2.05) is 18.2 Å². The fourth-order valence-electron chi connectivity index (χ4n) is 1.57. The first-order valence-corrected chi connectivity index (χ1v) is 6.37. The number of carbonyl (C=O) groups is 2. The summed E-state index contributed by atoms with van der Waals surface area (Å²) in [7, 11) is 1.51. The van der Waals surface area contributed by atoms with Gasteiger partial charge in [-0.1, -0.05) is 18.2 Å². The standard InChI is InChI=1S/C15H15N3O3/c1-16-13(19)10-18-15(20)11-7-8-17-14(9-11)21-12-5-3-2-4-6-12/h2-9H,10H2,1H3,(H,16,19)(H,18,20). The molecule has 0 saturated carbocycles. The van der Waals surface area contributed by atoms with Crippen molar-refractivity contribution in [3.8, 4) is 11.6 Å². The van der Waals surface area contributed by atoms with Crippen LogP contribution in [-0.2, 0) is 4.79 Å². The third-order valence-corrected chi connectivity index (χ3v) is 2.65. The molecule has 0 unspecified atom stereocenters. The highest BCUT2D eigenvalue weighted by atomic mass is 16.5. The molecule has 1 aromatic heterocycles. The van der Waals surface area contributed by atoms with Gasteiger partial charge in [0.15, 0.2) is 0 Å². The van der Waals surface area contributed by atoms with E-state index in [-0.39, 0.29) is 18.4 Å². The molecule has 1 aromatic carbocycles. The van der Waals surface area contributed by atoms with Crippen LogP contribution in [0.3, 0.4) is 0 Å². The lowest BCUT2D eigenvalue weighted by Gasteiger charge is -2.07. The minimum atomic E-state index is -0.362. The van der Waals surface area contributed by atoms with E-state index in [1.54, 1.807) is 18.2 Å². The van der Waals surface area contributed by atoms with Gasteiger partial charge in [-0.3, -0.25) is 9.59 Å². The molecule has 0 saturated heterocycles. The molecular weight excluding hydrogens is 270 g/mol. The Morgan fingerprint density at radius 2 is 1.95 bits per heavy atom. The molecule has 0 bridgehead atoms. The molecule has 6 heteroatoms. The monoisotopic (exact) mass is 285 g/mol. The van der Waals surface area contributed by atoms with Crippen molar-refractivity contribution in [1.82, 2.24) is 15.6 Å². The van der Waals surface area contributed by atoms with Gasteiger partial charge in [0.1, 0.15) is 5.75 Å². The number of amides is 2. The Labute approximate surface area is 122 Å². The molecule has 2 rings (SSSR count). The van der Waals surface area contributed by atoms with E-state index in [4.69, 9.17) is 4.74 Å². The zero-order valence-electron chi connectivity index (χ0n) is 11.5. The molecular formula is C15H15N3O3. The van der Waals surface area contributed by atoms with Gasteiger partial charge in [-0.05, 0) is 18.2 Å². The minimum absolute atomic E-state index is 0.0769. The van der Waals surface area contributed by atoms with Crippen LogP contribution in [0, 0.1) is 0 Å². The van der Waals surface area contributed by atoms with Crippen LogP contribution in [0.2, 0.25) is 0 Å². The van der Waals surface area contributed by atoms with E-state index in [0.717, 1.165) is 0 Å². The number of para-hydroxylation sites is 1. The van der Waals surface area contributed by atoms with E-state index < -0.39 is 0 Å². The number of ether oxygens (including phenoxy) is 1. The Bertz CT molecular complexity index is 629. The third kappa shape index (κ3) is 4.31. The number of rotatable bonds is 5. The van der Waals surface area contributed by atoms with Crippen LogP contribution in [-0.4, -0.2) is 30.4 Å². The number of benzene rings is 1. The van der Waals surface area contributed by atoms with E-state index in [9.17, 15) is 9.59 Å². The highest BCUT2D eigenvalue weighted by Gasteiger charge is 2.09. The molecule has 2 amide bonds. The number of nitrogens with zero attached hydrogens (tertiary/aromatic N) is 1. The van der Waals surface area contributed by atoms with Gasteiger partial charge >= 0.3 is 0 Å². The summed E-state index contributed by atoms with van der Waals surface area (Å²) in [6.45, 7) is -0.0769. The number of pyridine rings is 1. The molecule has 2 N–H and O–H groups in total. The summed E-state index contributed by atoms with van der Waals surface area (Å²) in [6, 6.07) is 12.2. The molecule has 0 spiro atoms. The molecule has 21 heavy (non-hydrogen) atoms. The van der Waals surface area contributed by atoms with Gasteiger partial charge in [0, 0.05) is 24.9 Å². The van der Waals surface area contributed by atoms with Gasteiger partial charge < -0.3 is 15.4 Å². The second kappa shape index (κ2) is 7.04. The van der Waals surface area contributed by atoms with Gasteiger partial charge in [-0.25, -0.2) is 4.98 Å². The normalized spacial score (nSPS) is 9.76. The minimum Gasteiger partial charge on any atom is -0.439 e. The molecule has 0 aliphatic carbocycles. The van der Waals surface area contributed by atoms with Crippen molar-refractivity contribution in [3.63, 3.8) is 0 Å². The summed E-state index contributed by atoms with van der Waals surface area (Å²) >= 11 is 0. The lowest BCUT2D eigenvalue weighted by atomic mass is 10.2. The zero-order valence-corrected chi connectivity index (χ0v) is 11.5. The average Bonchev–Trinajstić information content (AvgIpc) is 2.53. The van der Waals surface area contributed by atoms with Crippen LogP contribution >= 0.6 is 0 Å². The van der Waals surface area contributed by atoms with Crippen LogP contribution in [0.15, 0.2) is 48.7 Å². The van der Waals surface area contributed by atoms with Gasteiger partial charge in [0.05, 0.1) is 6.54 Å². The summed E-state index contributed by atoms with van der Waals surface area (Å²) in [6.07, 6.45) is 1.48. The summed E-state index contributed by atoms with van der Waals surface area (Å²) in [5.41, 5.74) is 0.375. The Hall–Kier alpha value is -2.89. The van der Waals surface area contributed by atoms with Crippen LogP contribution in [0.4, 0.5) is 0 Å². The number of nitrogens with one attached hydrogen (secondary N) is 2. The van der Waals surface area contributed by atoms with Crippen LogP contribution in [0.5, 0.6) is 11.6 Å². The first-order valence-electron chi connectivity index (χ1n) is 6.37. The van der Waals surface area contributed by atoms with E-state index in [2.05, 4.69) is 15.6 Å². The molecule has 0 aliphatic rings. The maximum Gasteiger partial charge on any atom is 0.251 e. The number of aromatic nitrogens is 1. The predicted octanol–water partition coefficient (Wildman–Crippen LogP) is 1.35. The molecule has 0 atom stereocenters. The van der Waals surface area contributed by atoms with Crippen LogP contribution in [0.25, 0.3) is 0 Å². The summed E-state index contributed by atoms with van der Waals surface area (Å²) in [4.78, 5) is 27.0. The molecule has 0 radical (unpaired) electrons. The maximum atomic E-state index is 11.9. The van der Waals surface area contributed by atoms with Gasteiger partial charge in [0.25, 0.3) is 5.91 Å². The van der Waals surface area contributed by atoms with Gasteiger partial charge in [-0.15, -0.1) is 0 Å². The quantitative estimate of drug-likeness (QED) is 0.869. The first-order chi connectivity index (χ1) is 10.2. The Morgan fingerprint density at radius 3 is 2.67 bits per heavy atom. The smallest absolute Gasteiger partial charge is 0.251 e. The Balaban J connectivity index is 2.03. The van der Waals surface area contributed by atoms with Crippen LogP contribution in [0.1, 0.15) is 10.4 Å². The van der Waals surface area contributed by atoms with Crippen molar-refractivity contribution in [2.75, 3.05) is 13.6 Å². The van der Waals surface area contributed by atoms with Crippen molar-refractivity contribution in [1.29, 1.82) is 0 Å². The first kappa shape index (κ1) is 14.5. The molecule has 1 heterocycles. The number of hydrogen-bond acceptors (Lipinski definition) is 4. The van der Waals surface area contributed by atoms with Crippen molar-refractivity contribution in [2.24, 2.45) is 0 Å². The number of hydrogen-bond donors (Lipinski definition) is 2. The highest BCUT2D eigenvalue weighted by molar-refractivity contribution is 5.96. The predicted molar refractivity (Wildman–Crippen MR) is 77.2 cm³/mol. The van der Waals surface area contributed by atoms with E-state index in [0.29, 0.717) is 17.2 Å². The molecule has 6 nitrogen and oxygen atoms in total. The van der Waals surface area contributed by atoms with E-state index in [1.165, 1.54) is 19.3 Å². The van der Waals surface area contributed by atoms with Crippen LogP contribution < -0.4 is 15.4 Å². The Morgan fingerprint density at radius 1 is 1.19 bits per heavy atom. The van der Waals surface area contributed by atoms with Gasteiger partial charge in [0.2, 0.25) is 11.8 Å². The SMILES string of the molecule is CNC(=O)CNC(=O)c1ccnc(Oc2ccccc2)c1. The lowest BCUT2D eigenvalue weighted by Crippen LogP contribution is -2.35. The van der Waals surface area contributed by atoms with Crippen molar-refractivity contribution >= 4 is 11.8 Å². The maximum absolute atomic E-state index is 11.9. The Kier molecular flexibility index (Phi) is 4.87. The second-order valence-electron chi connectivity index (χ2n) is 4.15. The topological polar surface area (TPSA) is 80.3 Å². The third-order valence-electron chi connectivity index (χ3n) is 2.65. The summed E-state index contributed by atoms with van der Waals surface area (Å²) < 4.78 is 5.55. The zero-order chi connectivity index (χ0) is 15.1. The van der Waals surface area contributed by atoms with Crippen molar-refractivity contribution < 1.29 is 14.3 Å². The largest absolute Gasteiger partial charge is 0.439 e. The summed E-state index contributed by atoms with van der Waals surface area (Å²) in [5, 5.41) is 4.93. The molecule has 0 fully saturated rings. The number of likely N-dealkylation sites (N-methyl/N-ethyl adjacent to an activating group) is 1. The number of carbonyl (C=O) groups excluding carboxylic acids is 2. The van der Waals surface area contributed by atoms with Gasteiger partial charge in [-0.2, -0.15) is 0 Å². The molecule has 108 valence electrons. The second-order valence-corrected chi connectivity index (χ2v) is 4.15. The van der Waals surface area contributed by atoms with Crippen molar-refractivity contribution in [2.45, 2.75) is 0 Å².